The van der Waals surface area contributed by atoms with Crippen molar-refractivity contribution < 1.29 is 0 Å². The predicted molar refractivity (Wildman–Crippen MR) is 224 cm³/mol. The van der Waals surface area contributed by atoms with Gasteiger partial charge in [0.05, 0.1) is 43.5 Å². The molecule has 0 saturated carbocycles. The Morgan fingerprint density at radius 2 is 1.13 bits per heavy atom. The van der Waals surface area contributed by atoms with Crippen LogP contribution in [0.2, 0.25) is 0 Å². The maximum Gasteiger partial charge on any atom is 0.235 e. The lowest BCUT2D eigenvalue weighted by molar-refractivity contribution is 1.02. The molecule has 0 aliphatic rings. The first kappa shape index (κ1) is 27.8. The number of nitrogens with zero attached hydrogens (tertiary/aromatic N) is 4. The van der Waals surface area contributed by atoms with Crippen LogP contribution >= 0.6 is 11.3 Å². The molecule has 0 aliphatic heterocycles. The van der Waals surface area contributed by atoms with Crippen LogP contribution in [0.5, 0.6) is 0 Å². The maximum absolute atomic E-state index is 5.57. The first-order chi connectivity index (χ1) is 26.3. The molecule has 53 heavy (non-hydrogen) atoms. The number of hydrogen-bond donors (Lipinski definition) is 0. The summed E-state index contributed by atoms with van der Waals surface area (Å²) in [6.45, 7) is 0. The summed E-state index contributed by atoms with van der Waals surface area (Å²) >= 11 is 1.89. The van der Waals surface area contributed by atoms with Crippen LogP contribution < -0.4 is 0 Å². The minimum Gasteiger partial charge on any atom is -0.306 e. The lowest BCUT2D eigenvalue weighted by atomic mass is 10.0. The zero-order valence-electron chi connectivity index (χ0n) is 28.2. The highest BCUT2D eigenvalue weighted by Crippen LogP contribution is 2.49. The van der Waals surface area contributed by atoms with Crippen LogP contribution in [0.1, 0.15) is 0 Å². The van der Waals surface area contributed by atoms with E-state index >= 15 is 0 Å². The number of rotatable bonds is 2. The summed E-state index contributed by atoms with van der Waals surface area (Å²) in [5.41, 5.74) is 8.86. The second-order valence-corrected chi connectivity index (χ2v) is 15.2. The lowest BCUT2D eigenvalue weighted by Crippen LogP contribution is -2.04. The molecule has 5 heterocycles. The van der Waals surface area contributed by atoms with Crippen LogP contribution in [-0.2, 0) is 0 Å². The van der Waals surface area contributed by atoms with E-state index in [2.05, 4.69) is 167 Å². The van der Waals surface area contributed by atoms with E-state index in [1.807, 2.05) is 11.3 Å². The van der Waals surface area contributed by atoms with Gasteiger partial charge in [0.1, 0.15) is 0 Å². The molecule has 13 aromatic rings. The van der Waals surface area contributed by atoms with Gasteiger partial charge in [-0.15, -0.1) is 11.3 Å². The monoisotopic (exact) mass is 690 g/mol. The number of thiophene rings is 1. The fourth-order valence-corrected chi connectivity index (χ4v) is 10.5. The van der Waals surface area contributed by atoms with Crippen LogP contribution in [0, 0.1) is 0 Å². The van der Waals surface area contributed by atoms with E-state index in [-0.39, 0.29) is 0 Å². The fourth-order valence-electron chi connectivity index (χ4n) is 9.29. The van der Waals surface area contributed by atoms with Gasteiger partial charge in [-0.05, 0) is 46.5 Å². The third kappa shape index (κ3) is 3.50. The smallest absolute Gasteiger partial charge is 0.235 e. The van der Waals surface area contributed by atoms with E-state index in [0.29, 0.717) is 5.95 Å². The predicted octanol–water partition coefficient (Wildman–Crippen LogP) is 13.1. The van der Waals surface area contributed by atoms with Crippen molar-refractivity contribution in [3.05, 3.63) is 158 Å². The molecule has 4 nitrogen and oxygen atoms in total. The first-order valence-electron chi connectivity index (χ1n) is 18.0. The van der Waals surface area contributed by atoms with Gasteiger partial charge in [-0.25, -0.2) is 9.97 Å². The minimum absolute atomic E-state index is 0.671. The number of benzene rings is 8. The van der Waals surface area contributed by atoms with E-state index in [4.69, 9.17) is 9.97 Å². The van der Waals surface area contributed by atoms with E-state index in [1.165, 1.54) is 74.4 Å². The van der Waals surface area contributed by atoms with Crippen molar-refractivity contribution in [2.24, 2.45) is 0 Å². The van der Waals surface area contributed by atoms with Crippen LogP contribution in [0.4, 0.5) is 0 Å². The maximum atomic E-state index is 5.57. The van der Waals surface area contributed by atoms with E-state index in [1.54, 1.807) is 0 Å². The van der Waals surface area contributed by atoms with Gasteiger partial charge in [-0.3, -0.25) is 4.57 Å². The summed E-state index contributed by atoms with van der Waals surface area (Å²) in [4.78, 5) is 11.0. The Morgan fingerprint density at radius 1 is 0.434 bits per heavy atom. The third-order valence-corrected chi connectivity index (χ3v) is 12.6. The van der Waals surface area contributed by atoms with Crippen molar-refractivity contribution >= 4 is 113 Å². The molecule has 0 N–H and O–H groups in total. The largest absolute Gasteiger partial charge is 0.306 e. The van der Waals surface area contributed by atoms with Crippen LogP contribution in [0.25, 0.3) is 119 Å². The minimum atomic E-state index is 0.671. The molecule has 0 radical (unpaired) electrons. The highest BCUT2D eigenvalue weighted by atomic mass is 32.1. The van der Waals surface area contributed by atoms with Gasteiger partial charge in [0.15, 0.2) is 0 Å². The zero-order chi connectivity index (χ0) is 34.4. The Morgan fingerprint density at radius 3 is 2.04 bits per heavy atom. The highest BCUT2D eigenvalue weighted by Gasteiger charge is 2.26. The summed E-state index contributed by atoms with van der Waals surface area (Å²) in [5, 5.41) is 13.4. The molecule has 5 heteroatoms. The number of fused-ring (bicyclic) bond motifs is 12. The molecule has 8 aromatic carbocycles. The molecule has 0 spiro atoms. The molecule has 0 bridgehead atoms. The molecular weight excluding hydrogens is 665 g/mol. The number of para-hydroxylation sites is 2. The van der Waals surface area contributed by atoms with Crippen molar-refractivity contribution in [1.82, 2.24) is 18.9 Å². The van der Waals surface area contributed by atoms with E-state index in [0.717, 1.165) is 38.6 Å². The van der Waals surface area contributed by atoms with Gasteiger partial charge in [0.25, 0.3) is 0 Å². The molecule has 0 saturated heterocycles. The third-order valence-electron chi connectivity index (χ3n) is 11.4. The van der Waals surface area contributed by atoms with Crippen LogP contribution in [-0.4, -0.2) is 18.9 Å². The highest BCUT2D eigenvalue weighted by molar-refractivity contribution is 7.26. The lowest BCUT2D eigenvalue weighted by Gasteiger charge is -2.14. The molecule has 0 fully saturated rings. The average Bonchev–Trinajstić information content (AvgIpc) is 3.84. The summed E-state index contributed by atoms with van der Waals surface area (Å²) in [6, 6.07) is 57.2. The Hall–Kier alpha value is -6.82. The Balaban J connectivity index is 1.32. The van der Waals surface area contributed by atoms with Crippen LogP contribution in [0.15, 0.2) is 158 Å². The van der Waals surface area contributed by atoms with E-state index < -0.39 is 0 Å². The SMILES string of the molecule is c1ccc(-c2nc(-n3c4cccc5c6cccc7c8ccccc8n(c67)c6c7sc8ccccc8c7cc3c6c54)nc3ccc4ccccc4c23)cc1. The summed E-state index contributed by atoms with van der Waals surface area (Å²) < 4.78 is 7.48. The Bertz CT molecular complexity index is 3680. The molecular formula is C48H26N4S. The van der Waals surface area contributed by atoms with Crippen molar-refractivity contribution in [3.63, 3.8) is 0 Å². The van der Waals surface area contributed by atoms with Crippen molar-refractivity contribution in [2.75, 3.05) is 0 Å². The number of hydrogen-bond acceptors (Lipinski definition) is 3. The molecule has 0 amide bonds. The Kier molecular flexibility index (Phi) is 5.22. The zero-order valence-corrected chi connectivity index (χ0v) is 29.0. The summed E-state index contributed by atoms with van der Waals surface area (Å²) in [7, 11) is 0. The fraction of sp³-hybridized carbons (Fsp3) is 0. The van der Waals surface area contributed by atoms with Gasteiger partial charge >= 0.3 is 0 Å². The average molecular weight is 691 g/mol. The Labute approximate surface area is 305 Å². The molecule has 5 aromatic heterocycles. The molecule has 0 unspecified atom stereocenters. The van der Waals surface area contributed by atoms with E-state index in [9.17, 15) is 0 Å². The molecule has 0 aliphatic carbocycles. The van der Waals surface area contributed by atoms with Gasteiger partial charge < -0.3 is 4.40 Å². The normalized spacial score (nSPS) is 12.5. The second kappa shape index (κ2) is 9.94. The molecule has 0 atom stereocenters. The standard InChI is InChI=1S/C48H26N4S/c1-2-13-28(14-3-1)44-41-29-15-5-4-12-27(29)24-25-36(41)49-48(50-44)51-38-22-11-18-32-34-20-10-19-33-30-16-6-8-21-37(30)52(45(33)34)46-43(42(32)38)39(51)26-35-31-17-7-9-23-40(31)53-47(35)46/h1-26H. The van der Waals surface area contributed by atoms with Crippen molar-refractivity contribution in [1.29, 1.82) is 0 Å². The van der Waals surface area contributed by atoms with Crippen LogP contribution in [0.3, 0.4) is 0 Å². The first-order valence-corrected chi connectivity index (χ1v) is 18.8. The summed E-state index contributed by atoms with van der Waals surface area (Å²) in [5.74, 6) is 0.671. The summed E-state index contributed by atoms with van der Waals surface area (Å²) in [6.07, 6.45) is 0. The van der Waals surface area contributed by atoms with Crippen molar-refractivity contribution in [2.45, 2.75) is 0 Å². The quantitative estimate of drug-likeness (QED) is 0.169. The van der Waals surface area contributed by atoms with Gasteiger partial charge in [-0.2, -0.15) is 0 Å². The van der Waals surface area contributed by atoms with Gasteiger partial charge in [0.2, 0.25) is 5.95 Å². The molecule has 244 valence electrons. The van der Waals surface area contributed by atoms with Crippen molar-refractivity contribution in [3.8, 4) is 17.2 Å². The second-order valence-electron chi connectivity index (χ2n) is 14.1. The number of aromatic nitrogens is 4. The topological polar surface area (TPSA) is 35.1 Å². The molecule has 13 rings (SSSR count). The van der Waals surface area contributed by atoms with Gasteiger partial charge in [0, 0.05) is 53.4 Å². The van der Waals surface area contributed by atoms with Gasteiger partial charge in [-0.1, -0.05) is 127 Å².